The normalized spacial score (nSPS) is 15.5. The van der Waals surface area contributed by atoms with Crippen LogP contribution in [0.5, 0.6) is 0 Å². The topological polar surface area (TPSA) is 58.6 Å². The van der Waals surface area contributed by atoms with Gasteiger partial charge in [0.2, 0.25) is 5.91 Å². The minimum atomic E-state index is -0.463. The summed E-state index contributed by atoms with van der Waals surface area (Å²) in [5.74, 6) is -0.134. The summed E-state index contributed by atoms with van der Waals surface area (Å²) >= 11 is 0. The molecule has 5 nitrogen and oxygen atoms in total. The highest BCUT2D eigenvalue weighted by molar-refractivity contribution is 6.04. The molecule has 1 N–H and O–H groups in total. The summed E-state index contributed by atoms with van der Waals surface area (Å²) in [4.78, 5) is 26.8. The number of rotatable bonds is 4. The lowest BCUT2D eigenvalue weighted by Crippen LogP contribution is -2.41. The molecule has 0 saturated carbocycles. The first-order valence-electron chi connectivity index (χ1n) is 7.73. The molecule has 0 atom stereocenters. The van der Waals surface area contributed by atoms with Gasteiger partial charge in [-0.3, -0.25) is 9.59 Å². The number of amides is 2. The molecule has 1 aliphatic heterocycles. The molecule has 0 radical (unpaired) electrons. The second-order valence-electron chi connectivity index (χ2n) is 6.14. The first kappa shape index (κ1) is 16.5. The molecule has 1 heterocycles. The highest BCUT2D eigenvalue weighted by Crippen LogP contribution is 2.24. The first-order valence-corrected chi connectivity index (χ1v) is 7.73. The van der Waals surface area contributed by atoms with Crippen molar-refractivity contribution < 1.29 is 14.3 Å². The molecule has 0 spiro atoms. The minimum absolute atomic E-state index is 0.0616. The van der Waals surface area contributed by atoms with Gasteiger partial charge in [0.1, 0.15) is 0 Å². The number of nitrogens with one attached hydrogen (secondary N) is 1. The summed E-state index contributed by atoms with van der Waals surface area (Å²) in [6.45, 7) is 8.06. The molecule has 22 heavy (non-hydrogen) atoms. The van der Waals surface area contributed by atoms with Crippen molar-refractivity contribution >= 4 is 17.5 Å². The van der Waals surface area contributed by atoms with Crippen LogP contribution in [-0.2, 0) is 9.53 Å². The van der Waals surface area contributed by atoms with E-state index in [1.165, 1.54) is 0 Å². The number of anilines is 1. The van der Waals surface area contributed by atoms with Crippen molar-refractivity contribution in [3.8, 4) is 0 Å². The molecule has 2 amide bonds. The molecule has 0 unspecified atom stereocenters. The Balaban J connectivity index is 2.19. The number of nitrogens with zero attached hydrogens (tertiary/aromatic N) is 1. The van der Waals surface area contributed by atoms with E-state index in [-0.39, 0.29) is 11.8 Å². The maximum atomic E-state index is 12.6. The van der Waals surface area contributed by atoms with Crippen LogP contribution in [0.3, 0.4) is 0 Å². The van der Waals surface area contributed by atoms with Crippen molar-refractivity contribution in [3.63, 3.8) is 0 Å². The van der Waals surface area contributed by atoms with E-state index in [1.807, 2.05) is 32.9 Å². The van der Waals surface area contributed by atoms with E-state index in [4.69, 9.17) is 4.74 Å². The summed E-state index contributed by atoms with van der Waals surface area (Å²) in [6.07, 6.45) is 0.735. The van der Waals surface area contributed by atoms with Crippen LogP contribution < -0.4 is 5.32 Å². The van der Waals surface area contributed by atoms with E-state index in [9.17, 15) is 9.59 Å². The standard InChI is InChI=1S/C17H24N2O3/c1-4-17(2,3)16(21)18-14-8-6-5-7-13(14)15(20)19-9-11-22-12-10-19/h5-8H,4,9-12H2,1-3H3,(H,18,21). The number of para-hydroxylation sites is 1. The highest BCUT2D eigenvalue weighted by atomic mass is 16.5. The van der Waals surface area contributed by atoms with Crippen LogP contribution >= 0.6 is 0 Å². The number of carbonyl (C=O) groups is 2. The molecule has 1 aromatic carbocycles. The van der Waals surface area contributed by atoms with E-state index < -0.39 is 5.41 Å². The third-order valence-corrected chi connectivity index (χ3v) is 4.20. The van der Waals surface area contributed by atoms with Gasteiger partial charge in [0.05, 0.1) is 24.5 Å². The molecule has 0 bridgehead atoms. The molecule has 1 aromatic rings. The lowest BCUT2D eigenvalue weighted by atomic mass is 9.89. The van der Waals surface area contributed by atoms with Crippen LogP contribution in [0.15, 0.2) is 24.3 Å². The van der Waals surface area contributed by atoms with Crippen LogP contribution in [0.25, 0.3) is 0 Å². The number of hydrogen-bond acceptors (Lipinski definition) is 3. The SMILES string of the molecule is CCC(C)(C)C(=O)Nc1ccccc1C(=O)N1CCOCC1. The average molecular weight is 304 g/mol. The second kappa shape index (κ2) is 6.92. The minimum Gasteiger partial charge on any atom is -0.378 e. The van der Waals surface area contributed by atoms with Gasteiger partial charge >= 0.3 is 0 Å². The molecule has 0 aliphatic carbocycles. The predicted molar refractivity (Wildman–Crippen MR) is 85.9 cm³/mol. The van der Waals surface area contributed by atoms with Gasteiger partial charge in [-0.2, -0.15) is 0 Å². The quantitative estimate of drug-likeness (QED) is 0.930. The fourth-order valence-electron chi connectivity index (χ4n) is 2.17. The van der Waals surface area contributed by atoms with Crippen molar-refractivity contribution in [2.45, 2.75) is 27.2 Å². The molecule has 2 rings (SSSR count). The van der Waals surface area contributed by atoms with Gasteiger partial charge in [-0.15, -0.1) is 0 Å². The Bertz CT molecular complexity index is 549. The second-order valence-corrected chi connectivity index (χ2v) is 6.14. The van der Waals surface area contributed by atoms with E-state index in [0.29, 0.717) is 37.6 Å². The first-order chi connectivity index (χ1) is 10.5. The maximum absolute atomic E-state index is 12.6. The van der Waals surface area contributed by atoms with Crippen LogP contribution in [-0.4, -0.2) is 43.0 Å². The molecule has 1 fully saturated rings. The summed E-state index contributed by atoms with van der Waals surface area (Å²) in [5.41, 5.74) is 0.643. The van der Waals surface area contributed by atoms with E-state index >= 15 is 0 Å². The molecule has 5 heteroatoms. The van der Waals surface area contributed by atoms with Gasteiger partial charge in [0, 0.05) is 18.5 Å². The van der Waals surface area contributed by atoms with Crippen molar-refractivity contribution in [2.24, 2.45) is 5.41 Å². The Morgan fingerprint density at radius 1 is 1.23 bits per heavy atom. The van der Waals surface area contributed by atoms with Crippen LogP contribution in [0.1, 0.15) is 37.6 Å². The molecule has 1 aliphatic rings. The number of carbonyl (C=O) groups excluding carboxylic acids is 2. The lowest BCUT2D eigenvalue weighted by molar-refractivity contribution is -0.124. The van der Waals surface area contributed by atoms with Gasteiger partial charge in [-0.1, -0.05) is 32.9 Å². The maximum Gasteiger partial charge on any atom is 0.256 e. The van der Waals surface area contributed by atoms with E-state index in [0.717, 1.165) is 6.42 Å². The van der Waals surface area contributed by atoms with Crippen molar-refractivity contribution in [1.82, 2.24) is 4.90 Å². The summed E-state index contributed by atoms with van der Waals surface area (Å²) in [5, 5.41) is 2.90. The fourth-order valence-corrected chi connectivity index (χ4v) is 2.17. The molecule has 0 aromatic heterocycles. The Hall–Kier alpha value is -1.88. The van der Waals surface area contributed by atoms with Crippen molar-refractivity contribution in [1.29, 1.82) is 0 Å². The van der Waals surface area contributed by atoms with Gasteiger partial charge in [0.25, 0.3) is 5.91 Å². The monoisotopic (exact) mass is 304 g/mol. The summed E-state index contributed by atoms with van der Waals surface area (Å²) in [7, 11) is 0. The lowest BCUT2D eigenvalue weighted by Gasteiger charge is -2.28. The highest BCUT2D eigenvalue weighted by Gasteiger charge is 2.27. The molecular formula is C17H24N2O3. The predicted octanol–water partition coefficient (Wildman–Crippen LogP) is 2.53. The van der Waals surface area contributed by atoms with Crippen molar-refractivity contribution in [2.75, 3.05) is 31.6 Å². The average Bonchev–Trinajstić information content (AvgIpc) is 2.55. The zero-order valence-electron chi connectivity index (χ0n) is 13.5. The molecular weight excluding hydrogens is 280 g/mol. The van der Waals surface area contributed by atoms with Gasteiger partial charge in [0.15, 0.2) is 0 Å². The Kier molecular flexibility index (Phi) is 5.19. The van der Waals surface area contributed by atoms with E-state index in [1.54, 1.807) is 17.0 Å². The number of hydrogen-bond donors (Lipinski definition) is 1. The third-order valence-electron chi connectivity index (χ3n) is 4.20. The zero-order valence-corrected chi connectivity index (χ0v) is 13.5. The largest absolute Gasteiger partial charge is 0.378 e. The number of benzene rings is 1. The Labute approximate surface area is 131 Å². The van der Waals surface area contributed by atoms with Gasteiger partial charge < -0.3 is 15.0 Å². The Morgan fingerprint density at radius 2 is 1.86 bits per heavy atom. The van der Waals surface area contributed by atoms with Gasteiger partial charge in [-0.05, 0) is 18.6 Å². The Morgan fingerprint density at radius 3 is 2.50 bits per heavy atom. The van der Waals surface area contributed by atoms with Crippen LogP contribution in [0.2, 0.25) is 0 Å². The van der Waals surface area contributed by atoms with Crippen molar-refractivity contribution in [3.05, 3.63) is 29.8 Å². The van der Waals surface area contributed by atoms with E-state index in [2.05, 4.69) is 5.32 Å². The third kappa shape index (κ3) is 3.65. The van der Waals surface area contributed by atoms with Gasteiger partial charge in [-0.25, -0.2) is 0 Å². The summed E-state index contributed by atoms with van der Waals surface area (Å²) in [6, 6.07) is 7.17. The summed E-state index contributed by atoms with van der Waals surface area (Å²) < 4.78 is 5.28. The molecule has 120 valence electrons. The zero-order chi connectivity index (χ0) is 16.2. The fraction of sp³-hybridized carbons (Fsp3) is 0.529. The number of ether oxygens (including phenoxy) is 1. The van der Waals surface area contributed by atoms with Crippen LogP contribution in [0.4, 0.5) is 5.69 Å². The molecule has 1 saturated heterocycles. The smallest absolute Gasteiger partial charge is 0.256 e. The van der Waals surface area contributed by atoms with Crippen LogP contribution in [0, 0.1) is 5.41 Å². The number of morpholine rings is 1.